The number of amides is 1. The van der Waals surface area contributed by atoms with Crippen LogP contribution in [0.15, 0.2) is 42.5 Å². The van der Waals surface area contributed by atoms with Crippen LogP contribution in [0.5, 0.6) is 0 Å². The van der Waals surface area contributed by atoms with Gasteiger partial charge in [0.25, 0.3) is 5.91 Å². The number of morpholine rings is 2. The van der Waals surface area contributed by atoms with Gasteiger partial charge in [-0.15, -0.1) is 0 Å². The molecule has 1 aromatic heterocycles. The summed E-state index contributed by atoms with van der Waals surface area (Å²) in [6.45, 7) is 7.82. The fourth-order valence-electron chi connectivity index (χ4n) is 3.71. The minimum Gasteiger partial charge on any atom is -0.378 e. The fraction of sp³-hybridized carbons (Fsp3) is 0.455. The second-order valence-electron chi connectivity index (χ2n) is 7.47. The van der Waals surface area contributed by atoms with E-state index >= 15 is 0 Å². The lowest BCUT2D eigenvalue weighted by atomic mass is 10.2. The smallest absolute Gasteiger partial charge is 0.254 e. The Hall–Kier alpha value is -2.48. The van der Waals surface area contributed by atoms with Crippen molar-refractivity contribution in [1.29, 1.82) is 0 Å². The van der Waals surface area contributed by atoms with Gasteiger partial charge in [0.1, 0.15) is 11.9 Å². The predicted molar refractivity (Wildman–Crippen MR) is 112 cm³/mol. The summed E-state index contributed by atoms with van der Waals surface area (Å²) < 4.78 is 11.1. The largest absolute Gasteiger partial charge is 0.378 e. The molecule has 4 rings (SSSR count). The van der Waals surface area contributed by atoms with Crippen LogP contribution >= 0.6 is 0 Å². The molecule has 0 radical (unpaired) electrons. The van der Waals surface area contributed by atoms with Gasteiger partial charge < -0.3 is 19.7 Å². The highest BCUT2D eigenvalue weighted by molar-refractivity contribution is 5.95. The van der Waals surface area contributed by atoms with E-state index in [0.717, 1.165) is 56.6 Å². The Morgan fingerprint density at radius 1 is 1.10 bits per heavy atom. The highest BCUT2D eigenvalue weighted by Gasteiger charge is 2.27. The van der Waals surface area contributed by atoms with E-state index in [1.165, 1.54) is 5.56 Å². The summed E-state index contributed by atoms with van der Waals surface area (Å²) in [5.74, 6) is 0.804. The van der Waals surface area contributed by atoms with Gasteiger partial charge in [-0.2, -0.15) is 0 Å². The maximum absolute atomic E-state index is 12.8. The van der Waals surface area contributed by atoms with Crippen molar-refractivity contribution < 1.29 is 14.3 Å². The molecule has 1 unspecified atom stereocenters. The number of anilines is 2. The topological polar surface area (TPSA) is 66.9 Å². The van der Waals surface area contributed by atoms with E-state index in [4.69, 9.17) is 9.47 Å². The van der Waals surface area contributed by atoms with E-state index in [1.54, 1.807) is 0 Å². The molecule has 0 bridgehead atoms. The number of ether oxygens (including phenoxy) is 2. The maximum Gasteiger partial charge on any atom is 0.254 e. The van der Waals surface area contributed by atoms with Gasteiger partial charge in [-0.3, -0.25) is 9.69 Å². The minimum absolute atomic E-state index is 0.119. The molecule has 1 amide bonds. The normalized spacial score (nSPS) is 20.4. The van der Waals surface area contributed by atoms with Crippen LogP contribution in [0, 0.1) is 6.92 Å². The molecular formula is C22H28N4O3. The van der Waals surface area contributed by atoms with Gasteiger partial charge in [-0.1, -0.05) is 30.3 Å². The average molecular weight is 396 g/mol. The zero-order valence-electron chi connectivity index (χ0n) is 16.8. The highest BCUT2D eigenvalue weighted by Crippen LogP contribution is 2.20. The van der Waals surface area contributed by atoms with E-state index in [9.17, 15) is 4.79 Å². The van der Waals surface area contributed by atoms with E-state index in [-0.39, 0.29) is 5.91 Å². The summed E-state index contributed by atoms with van der Waals surface area (Å²) in [4.78, 5) is 21.9. The summed E-state index contributed by atoms with van der Waals surface area (Å²) in [5.41, 5.74) is 2.78. The molecule has 3 heterocycles. The lowest BCUT2D eigenvalue weighted by Crippen LogP contribution is -2.47. The zero-order chi connectivity index (χ0) is 20.1. The van der Waals surface area contributed by atoms with Gasteiger partial charge in [-0.25, -0.2) is 4.98 Å². The molecule has 29 heavy (non-hydrogen) atoms. The summed E-state index contributed by atoms with van der Waals surface area (Å²) in [6, 6.07) is 14.2. The Balaban J connectivity index is 1.35. The number of carbonyl (C=O) groups is 1. The maximum atomic E-state index is 12.8. The standard InChI is InChI=1S/C22H28N4O3/c1-17-19(7-8-21(23-17)26-10-12-28-13-11-26)24-22(27)20-16-25(9-14-29-20)15-18-5-3-2-4-6-18/h2-8,20H,9-16H2,1H3,(H,24,27). The summed E-state index contributed by atoms with van der Waals surface area (Å²) in [5, 5.41) is 3.00. The number of nitrogens with one attached hydrogen (secondary N) is 1. The molecule has 2 aromatic rings. The van der Waals surface area contributed by atoms with Crippen LogP contribution < -0.4 is 10.2 Å². The first-order valence-corrected chi connectivity index (χ1v) is 10.2. The van der Waals surface area contributed by atoms with Crippen molar-refractivity contribution in [1.82, 2.24) is 9.88 Å². The molecule has 2 aliphatic rings. The van der Waals surface area contributed by atoms with Crippen molar-refractivity contribution in [3.05, 3.63) is 53.7 Å². The first-order chi connectivity index (χ1) is 14.2. The molecule has 7 heteroatoms. The number of carbonyl (C=O) groups excluding carboxylic acids is 1. The van der Waals surface area contributed by atoms with E-state index in [1.807, 2.05) is 37.3 Å². The predicted octanol–water partition coefficient (Wildman–Crippen LogP) is 2.07. The molecule has 7 nitrogen and oxygen atoms in total. The van der Waals surface area contributed by atoms with Crippen LogP contribution in [0.4, 0.5) is 11.5 Å². The molecule has 1 N–H and O–H groups in total. The van der Waals surface area contributed by atoms with Crippen molar-refractivity contribution in [3.63, 3.8) is 0 Å². The van der Waals surface area contributed by atoms with Crippen LogP contribution in [0.3, 0.4) is 0 Å². The van der Waals surface area contributed by atoms with E-state index in [0.29, 0.717) is 13.2 Å². The van der Waals surface area contributed by atoms with Crippen molar-refractivity contribution in [2.45, 2.75) is 19.6 Å². The first kappa shape index (κ1) is 19.8. The Bertz CT molecular complexity index is 824. The fourth-order valence-corrected chi connectivity index (χ4v) is 3.71. The number of hydrogen-bond acceptors (Lipinski definition) is 6. The number of pyridine rings is 1. The molecule has 1 aromatic carbocycles. The average Bonchev–Trinajstić information content (AvgIpc) is 2.76. The third-order valence-corrected chi connectivity index (χ3v) is 5.36. The third-order valence-electron chi connectivity index (χ3n) is 5.36. The van der Waals surface area contributed by atoms with Crippen LogP contribution in [-0.2, 0) is 20.8 Å². The molecule has 1 atom stereocenters. The summed E-state index contributed by atoms with van der Waals surface area (Å²) >= 11 is 0. The van der Waals surface area contributed by atoms with Crippen LogP contribution in [0.1, 0.15) is 11.3 Å². The second-order valence-corrected chi connectivity index (χ2v) is 7.47. The molecule has 154 valence electrons. The summed E-state index contributed by atoms with van der Waals surface area (Å²) in [7, 11) is 0. The van der Waals surface area contributed by atoms with Gasteiger partial charge in [0, 0.05) is 32.7 Å². The number of hydrogen-bond donors (Lipinski definition) is 1. The molecule has 2 fully saturated rings. The zero-order valence-corrected chi connectivity index (χ0v) is 16.8. The molecule has 0 aliphatic carbocycles. The van der Waals surface area contributed by atoms with Crippen LogP contribution in [0.2, 0.25) is 0 Å². The number of aromatic nitrogens is 1. The quantitative estimate of drug-likeness (QED) is 0.835. The van der Waals surface area contributed by atoms with Gasteiger partial charge in [-0.05, 0) is 24.6 Å². The SMILES string of the molecule is Cc1nc(N2CCOCC2)ccc1NC(=O)C1CN(Cc2ccccc2)CCO1. The Morgan fingerprint density at radius 3 is 2.66 bits per heavy atom. The van der Waals surface area contributed by atoms with E-state index in [2.05, 4.69) is 32.2 Å². The highest BCUT2D eigenvalue weighted by atomic mass is 16.5. The van der Waals surface area contributed by atoms with Crippen molar-refractivity contribution >= 4 is 17.4 Å². The van der Waals surface area contributed by atoms with Crippen molar-refractivity contribution in [3.8, 4) is 0 Å². The van der Waals surface area contributed by atoms with Gasteiger partial charge >= 0.3 is 0 Å². The first-order valence-electron chi connectivity index (χ1n) is 10.2. The molecular weight excluding hydrogens is 368 g/mol. The van der Waals surface area contributed by atoms with Crippen molar-refractivity contribution in [2.75, 3.05) is 56.2 Å². The molecule has 0 saturated carbocycles. The number of nitrogens with zero attached hydrogens (tertiary/aromatic N) is 3. The van der Waals surface area contributed by atoms with Gasteiger partial charge in [0.2, 0.25) is 0 Å². The summed E-state index contributed by atoms with van der Waals surface area (Å²) in [6.07, 6.45) is -0.481. The number of rotatable bonds is 5. The third kappa shape index (κ3) is 5.12. The van der Waals surface area contributed by atoms with Crippen LogP contribution in [0.25, 0.3) is 0 Å². The van der Waals surface area contributed by atoms with E-state index < -0.39 is 6.10 Å². The molecule has 0 spiro atoms. The van der Waals surface area contributed by atoms with Gasteiger partial charge in [0.05, 0.1) is 31.2 Å². The monoisotopic (exact) mass is 396 g/mol. The van der Waals surface area contributed by atoms with Gasteiger partial charge in [0.15, 0.2) is 0 Å². The minimum atomic E-state index is -0.481. The van der Waals surface area contributed by atoms with Crippen LogP contribution in [-0.4, -0.2) is 67.9 Å². The number of aryl methyl sites for hydroxylation is 1. The Labute approximate surface area is 171 Å². The Morgan fingerprint density at radius 2 is 1.90 bits per heavy atom. The Kier molecular flexibility index (Phi) is 6.39. The molecule has 2 aliphatic heterocycles. The molecule has 2 saturated heterocycles. The van der Waals surface area contributed by atoms with Crippen molar-refractivity contribution in [2.24, 2.45) is 0 Å². The lowest BCUT2D eigenvalue weighted by molar-refractivity contribution is -0.133. The lowest BCUT2D eigenvalue weighted by Gasteiger charge is -2.32. The number of benzene rings is 1. The second kappa shape index (κ2) is 9.35.